The third kappa shape index (κ3) is 2.54. The summed E-state index contributed by atoms with van der Waals surface area (Å²) in [6.45, 7) is 1.91. The quantitative estimate of drug-likeness (QED) is 0.882. The molecule has 0 fully saturated rings. The molecule has 17 heavy (non-hydrogen) atoms. The van der Waals surface area contributed by atoms with E-state index in [0.29, 0.717) is 5.56 Å². The minimum atomic E-state index is -3.71. The van der Waals surface area contributed by atoms with Gasteiger partial charge in [0.25, 0.3) is 0 Å². The molecule has 0 saturated carbocycles. The van der Waals surface area contributed by atoms with Crippen molar-refractivity contribution in [1.29, 1.82) is 0 Å². The molecule has 2 aromatic carbocycles. The van der Waals surface area contributed by atoms with Crippen LogP contribution in [0.4, 0.5) is 0 Å². The van der Waals surface area contributed by atoms with Crippen molar-refractivity contribution < 1.29 is 8.42 Å². The second-order valence-corrected chi connectivity index (χ2v) is 5.36. The maximum atomic E-state index is 11.5. The first-order valence-electron chi connectivity index (χ1n) is 5.08. The van der Waals surface area contributed by atoms with Gasteiger partial charge in [0.15, 0.2) is 0 Å². The molecule has 2 rings (SSSR count). The molecule has 0 aliphatic rings. The molecule has 2 aromatic rings. The summed E-state index contributed by atoms with van der Waals surface area (Å²) in [5, 5.41) is 5.21. The summed E-state index contributed by atoms with van der Waals surface area (Å²) in [7, 11) is -3.71. The van der Waals surface area contributed by atoms with Crippen molar-refractivity contribution in [3.63, 3.8) is 0 Å². The molecular formula is C13H12NO2S. The summed E-state index contributed by atoms with van der Waals surface area (Å²) >= 11 is 0. The van der Waals surface area contributed by atoms with Crippen LogP contribution in [0.3, 0.4) is 0 Å². The van der Waals surface area contributed by atoms with E-state index >= 15 is 0 Å². The molecule has 3 nitrogen and oxygen atoms in total. The highest BCUT2D eigenvalue weighted by molar-refractivity contribution is 7.89. The minimum absolute atomic E-state index is 0.148. The maximum Gasteiger partial charge on any atom is 0.238 e. The summed E-state index contributed by atoms with van der Waals surface area (Å²) < 4.78 is 23.0. The molecule has 4 heteroatoms. The Labute approximate surface area is 101 Å². The van der Waals surface area contributed by atoms with Crippen LogP contribution < -0.4 is 5.14 Å². The Morgan fingerprint density at radius 2 is 1.76 bits per heavy atom. The van der Waals surface area contributed by atoms with Crippen molar-refractivity contribution in [2.45, 2.75) is 11.8 Å². The SMILES string of the molecule is Cc1ccc(S(N)(=O)=O)c(-c2cc[c]cc2)c1. The molecule has 0 saturated heterocycles. The zero-order chi connectivity index (χ0) is 12.5. The van der Waals surface area contributed by atoms with Gasteiger partial charge >= 0.3 is 0 Å². The van der Waals surface area contributed by atoms with Gasteiger partial charge < -0.3 is 0 Å². The topological polar surface area (TPSA) is 60.2 Å². The third-order valence-corrected chi connectivity index (χ3v) is 3.44. The summed E-state index contributed by atoms with van der Waals surface area (Å²) in [6, 6.07) is 15.1. The largest absolute Gasteiger partial charge is 0.238 e. The van der Waals surface area contributed by atoms with E-state index < -0.39 is 10.0 Å². The zero-order valence-electron chi connectivity index (χ0n) is 9.34. The number of benzene rings is 2. The highest BCUT2D eigenvalue weighted by Gasteiger charge is 2.14. The Morgan fingerprint density at radius 3 is 2.35 bits per heavy atom. The Kier molecular flexibility index (Phi) is 3.00. The summed E-state index contributed by atoms with van der Waals surface area (Å²) in [4.78, 5) is 0.148. The molecule has 0 atom stereocenters. The van der Waals surface area contributed by atoms with E-state index in [1.54, 1.807) is 18.2 Å². The number of aryl methyl sites for hydroxylation is 1. The molecule has 0 amide bonds. The van der Waals surface area contributed by atoms with Crippen LogP contribution >= 0.6 is 0 Å². The number of hydrogen-bond donors (Lipinski definition) is 1. The van der Waals surface area contributed by atoms with Crippen LogP contribution in [0.5, 0.6) is 0 Å². The van der Waals surface area contributed by atoms with Crippen LogP contribution in [-0.4, -0.2) is 8.42 Å². The molecule has 0 unspecified atom stereocenters. The minimum Gasteiger partial charge on any atom is -0.225 e. The summed E-state index contributed by atoms with van der Waals surface area (Å²) in [5.41, 5.74) is 2.43. The first kappa shape index (κ1) is 11.8. The summed E-state index contributed by atoms with van der Waals surface area (Å²) in [5.74, 6) is 0. The van der Waals surface area contributed by atoms with E-state index in [2.05, 4.69) is 6.07 Å². The first-order chi connectivity index (χ1) is 7.98. The van der Waals surface area contributed by atoms with E-state index in [1.807, 2.05) is 25.1 Å². The van der Waals surface area contributed by atoms with Crippen LogP contribution in [0.1, 0.15) is 5.56 Å². The molecule has 0 heterocycles. The van der Waals surface area contributed by atoms with Gasteiger partial charge in [-0.3, -0.25) is 0 Å². The molecule has 0 aromatic heterocycles. The molecule has 87 valence electrons. The van der Waals surface area contributed by atoms with Crippen LogP contribution in [0.25, 0.3) is 11.1 Å². The Bertz CT molecular complexity index is 634. The average molecular weight is 246 g/mol. The van der Waals surface area contributed by atoms with Crippen LogP contribution in [-0.2, 0) is 10.0 Å². The Morgan fingerprint density at radius 1 is 1.12 bits per heavy atom. The number of sulfonamides is 1. The van der Waals surface area contributed by atoms with Gasteiger partial charge in [-0.05, 0) is 24.6 Å². The van der Waals surface area contributed by atoms with Crippen molar-refractivity contribution in [3.05, 3.63) is 54.1 Å². The first-order valence-corrected chi connectivity index (χ1v) is 6.63. The molecular weight excluding hydrogens is 234 g/mol. The van der Waals surface area contributed by atoms with Crippen LogP contribution in [0.15, 0.2) is 47.4 Å². The fourth-order valence-electron chi connectivity index (χ4n) is 1.68. The normalized spacial score (nSPS) is 11.4. The number of primary sulfonamides is 1. The van der Waals surface area contributed by atoms with Crippen molar-refractivity contribution in [2.24, 2.45) is 5.14 Å². The van der Waals surface area contributed by atoms with E-state index in [0.717, 1.165) is 11.1 Å². The lowest BCUT2D eigenvalue weighted by atomic mass is 10.0. The van der Waals surface area contributed by atoms with Crippen LogP contribution in [0.2, 0.25) is 0 Å². The molecule has 0 aliphatic heterocycles. The predicted molar refractivity (Wildman–Crippen MR) is 66.8 cm³/mol. The van der Waals surface area contributed by atoms with Gasteiger partial charge in [0, 0.05) is 5.56 Å². The average Bonchev–Trinajstić information content (AvgIpc) is 2.28. The standard InChI is InChI=1S/C13H12NO2S/c1-10-7-8-13(17(14,15)16)12(9-10)11-5-3-2-4-6-11/h3-9H,1H3,(H2,14,15,16). The predicted octanol–water partition coefficient (Wildman–Crippen LogP) is 2.11. The molecule has 0 spiro atoms. The van der Waals surface area contributed by atoms with Gasteiger partial charge in [0.2, 0.25) is 10.0 Å². The Hall–Kier alpha value is -1.65. The zero-order valence-corrected chi connectivity index (χ0v) is 10.2. The maximum absolute atomic E-state index is 11.5. The second-order valence-electron chi connectivity index (χ2n) is 3.83. The third-order valence-electron chi connectivity index (χ3n) is 2.47. The lowest BCUT2D eigenvalue weighted by molar-refractivity contribution is 0.598. The van der Waals surface area contributed by atoms with Crippen LogP contribution in [0, 0.1) is 13.0 Å². The van der Waals surface area contributed by atoms with Gasteiger partial charge in [0.05, 0.1) is 4.90 Å². The highest BCUT2D eigenvalue weighted by atomic mass is 32.2. The van der Waals surface area contributed by atoms with Crippen molar-refractivity contribution in [3.8, 4) is 11.1 Å². The molecule has 2 N–H and O–H groups in total. The van der Waals surface area contributed by atoms with Crippen molar-refractivity contribution in [1.82, 2.24) is 0 Å². The molecule has 1 radical (unpaired) electrons. The van der Waals surface area contributed by atoms with Crippen molar-refractivity contribution >= 4 is 10.0 Å². The fraction of sp³-hybridized carbons (Fsp3) is 0.0769. The molecule has 0 bridgehead atoms. The van der Waals surface area contributed by atoms with E-state index in [-0.39, 0.29) is 4.90 Å². The van der Waals surface area contributed by atoms with Gasteiger partial charge in [-0.1, -0.05) is 42.0 Å². The summed E-state index contributed by atoms with van der Waals surface area (Å²) in [6.07, 6.45) is 0. The number of nitrogens with two attached hydrogens (primary N) is 1. The Balaban J connectivity index is 2.72. The monoisotopic (exact) mass is 246 g/mol. The second kappa shape index (κ2) is 4.31. The van der Waals surface area contributed by atoms with Crippen molar-refractivity contribution in [2.75, 3.05) is 0 Å². The lowest BCUT2D eigenvalue weighted by Gasteiger charge is -2.08. The van der Waals surface area contributed by atoms with E-state index in [4.69, 9.17) is 5.14 Å². The van der Waals surface area contributed by atoms with Gasteiger partial charge in [-0.25, -0.2) is 13.6 Å². The smallest absolute Gasteiger partial charge is 0.225 e. The van der Waals surface area contributed by atoms with Gasteiger partial charge in [-0.2, -0.15) is 0 Å². The van der Waals surface area contributed by atoms with Gasteiger partial charge in [-0.15, -0.1) is 0 Å². The van der Waals surface area contributed by atoms with Gasteiger partial charge in [0.1, 0.15) is 0 Å². The fourth-order valence-corrected chi connectivity index (χ4v) is 2.42. The number of hydrogen-bond acceptors (Lipinski definition) is 2. The molecule has 0 aliphatic carbocycles. The number of rotatable bonds is 2. The lowest BCUT2D eigenvalue weighted by Crippen LogP contribution is -2.13. The van der Waals surface area contributed by atoms with E-state index in [9.17, 15) is 8.42 Å². The van der Waals surface area contributed by atoms with E-state index in [1.165, 1.54) is 6.07 Å². The highest BCUT2D eigenvalue weighted by Crippen LogP contribution is 2.27.